The number of hydrogen-bond donors (Lipinski definition) is 0. The van der Waals surface area contributed by atoms with Gasteiger partial charge in [0.1, 0.15) is 0 Å². The van der Waals surface area contributed by atoms with Crippen molar-refractivity contribution in [1.29, 1.82) is 0 Å². The Morgan fingerprint density at radius 2 is 1.72 bits per heavy atom. The first kappa shape index (κ1) is 16.3. The van der Waals surface area contributed by atoms with Gasteiger partial charge in [0.15, 0.2) is 0 Å². The Hall–Kier alpha value is 0.271. The summed E-state index contributed by atoms with van der Waals surface area (Å²) in [5.41, 5.74) is 2.65. The molecule has 0 aromatic rings. The molecule has 0 amide bonds. The van der Waals surface area contributed by atoms with E-state index in [-0.39, 0.29) is 11.1 Å². The van der Waals surface area contributed by atoms with Crippen LogP contribution in [0.25, 0.3) is 0 Å². The number of rotatable bonds is 3. The molecule has 1 atom stereocenters. The zero-order valence-electron chi connectivity index (χ0n) is 13.4. The predicted molar refractivity (Wildman–Crippen MR) is 84.2 cm³/mol. The fraction of sp³-hybridized carbons (Fsp3) is 0.692. The van der Waals surface area contributed by atoms with E-state index in [1.54, 1.807) is 0 Å². The van der Waals surface area contributed by atoms with E-state index >= 15 is 0 Å². The molecule has 0 saturated carbocycles. The summed E-state index contributed by atoms with van der Waals surface area (Å²) in [6, 6.07) is 0. The van der Waals surface area contributed by atoms with Crippen molar-refractivity contribution in [2.45, 2.75) is 58.9 Å². The normalized spacial score (nSPS) is 22.2. The molecule has 0 radical (unpaired) electrons. The summed E-state index contributed by atoms with van der Waals surface area (Å²) < 4.78 is 13.5. The van der Waals surface area contributed by atoms with E-state index in [9.17, 15) is 0 Å². The Balaban J connectivity index is 3.06. The van der Waals surface area contributed by atoms with Crippen molar-refractivity contribution in [3.05, 3.63) is 21.2 Å². The zero-order chi connectivity index (χ0) is 14.3. The van der Waals surface area contributed by atoms with Crippen LogP contribution in [0.2, 0.25) is 18.1 Å². The number of hydrogen-bond acceptors (Lipinski definition) is 2. The van der Waals surface area contributed by atoms with Gasteiger partial charge in [-0.2, -0.15) is 0 Å². The van der Waals surface area contributed by atoms with Crippen molar-refractivity contribution in [2.75, 3.05) is 0 Å². The molecule has 0 aliphatic heterocycles. The summed E-state index contributed by atoms with van der Waals surface area (Å²) >= 11 is 2.15. The van der Waals surface area contributed by atoms with Crippen LogP contribution in [0.5, 0.6) is 0 Å². The van der Waals surface area contributed by atoms with Gasteiger partial charge < -0.3 is 0 Å². The summed E-state index contributed by atoms with van der Waals surface area (Å²) in [5.74, 6) is 1.08. The third kappa shape index (κ3) is 2.88. The van der Waals surface area contributed by atoms with E-state index < -0.39 is 8.32 Å². The molecule has 0 N–H and O–H groups in total. The summed E-state index contributed by atoms with van der Waals surface area (Å²) in [5, 5.41) is 0.223. The Morgan fingerprint density at radius 3 is 2.11 bits per heavy atom. The molecule has 98 valence electrons. The molecule has 1 unspecified atom stereocenters. The van der Waals surface area contributed by atoms with E-state index in [4.69, 9.17) is 8.85 Å². The van der Waals surface area contributed by atoms with Crippen molar-refractivity contribution >= 4 is 36.5 Å². The quantitative estimate of drug-likeness (QED) is 0.737. The molecule has 0 saturated heterocycles. The van der Waals surface area contributed by atoms with Gasteiger partial charge in [0.2, 0.25) is 0 Å². The fourth-order valence-electron chi connectivity index (χ4n) is 1.91. The van der Waals surface area contributed by atoms with Crippen molar-refractivity contribution in [3.8, 4) is 0 Å². The second-order valence-corrected chi connectivity index (χ2v) is 12.0. The van der Waals surface area contributed by atoms with Crippen LogP contribution < -0.4 is 0 Å². The summed E-state index contributed by atoms with van der Waals surface area (Å²) in [6.07, 6.45) is 0.0748. The molecule has 0 fully saturated rings. The van der Waals surface area contributed by atoms with Gasteiger partial charge in [-0.3, -0.25) is 0 Å². The van der Waals surface area contributed by atoms with Gasteiger partial charge in [0.05, 0.1) is 0 Å². The average molecular weight is 276 g/mol. The number of allylic oxidation sites excluding steroid dienone is 2. The van der Waals surface area contributed by atoms with E-state index in [1.807, 2.05) is 0 Å². The molecule has 5 heteroatoms. The molecular weight excluding hydrogens is 251 g/mol. The van der Waals surface area contributed by atoms with Crippen molar-refractivity contribution in [3.63, 3.8) is 0 Å². The Kier molecular flexibility index (Phi) is 4.84. The minimum atomic E-state index is -1.78. The first-order valence-corrected chi connectivity index (χ1v) is 10.4. The predicted octanol–water partition coefficient (Wildman–Crippen LogP) is 2.40. The van der Waals surface area contributed by atoms with E-state index in [0.29, 0.717) is 0 Å². The van der Waals surface area contributed by atoms with E-state index in [1.165, 1.54) is 15.4 Å². The van der Waals surface area contributed by atoms with Gasteiger partial charge >= 0.3 is 125 Å². The second-order valence-electron chi connectivity index (χ2n) is 6.78. The maximum atomic E-state index is 6.49. The summed E-state index contributed by atoms with van der Waals surface area (Å²) in [6.45, 7) is 15.7. The minimum absolute atomic E-state index is 0.0748. The molecule has 1 aliphatic rings. The molecule has 0 bridgehead atoms. The van der Waals surface area contributed by atoms with Crippen molar-refractivity contribution in [2.24, 2.45) is 0 Å². The van der Waals surface area contributed by atoms with Gasteiger partial charge in [0, 0.05) is 0 Å². The van der Waals surface area contributed by atoms with Crippen LogP contribution in [0.1, 0.15) is 34.6 Å². The van der Waals surface area contributed by atoms with E-state index in [2.05, 4.69) is 65.4 Å². The van der Waals surface area contributed by atoms with Gasteiger partial charge in [0.25, 0.3) is 0 Å². The van der Waals surface area contributed by atoms with Crippen molar-refractivity contribution < 1.29 is 8.85 Å². The molecule has 0 aromatic heterocycles. The average Bonchev–Trinajstić information content (AvgIpc) is 2.41. The molecule has 0 aromatic carbocycles. The van der Waals surface area contributed by atoms with Crippen LogP contribution in [0, 0.1) is 0 Å². The van der Waals surface area contributed by atoms with Crippen LogP contribution in [0.15, 0.2) is 21.2 Å². The van der Waals surface area contributed by atoms with Crippen LogP contribution >= 0.6 is 0 Å². The van der Waals surface area contributed by atoms with Crippen LogP contribution in [-0.4, -0.2) is 42.6 Å². The molecule has 2 nitrogen and oxygen atoms in total. The van der Waals surface area contributed by atoms with Crippen LogP contribution in [0.4, 0.5) is 0 Å². The van der Waals surface area contributed by atoms with E-state index in [0.717, 1.165) is 16.2 Å². The van der Waals surface area contributed by atoms with Crippen LogP contribution in [0.3, 0.4) is 0 Å². The molecule has 1 aliphatic carbocycles. The van der Waals surface area contributed by atoms with Gasteiger partial charge in [-0.05, 0) is 0 Å². The first-order valence-electron chi connectivity index (χ1n) is 6.63. The fourth-order valence-corrected chi connectivity index (χ4v) is 3.60. The second kappa shape index (κ2) is 5.34. The van der Waals surface area contributed by atoms with Gasteiger partial charge in [-0.15, -0.1) is 0 Å². The maximum absolute atomic E-state index is 6.49. The van der Waals surface area contributed by atoms with Crippen LogP contribution in [-0.2, 0) is 8.85 Å². The Morgan fingerprint density at radius 1 is 1.22 bits per heavy atom. The third-order valence-corrected chi connectivity index (χ3v) is 9.38. The third-order valence-electron chi connectivity index (χ3n) is 4.56. The standard InChI is InChI=1S/C13H25O2Si2.Li/c1-9-8-11(12(14-16)10(9)2)15-17(6,7)13(3,4)5;/h12H,1-7,16H3;. The summed E-state index contributed by atoms with van der Waals surface area (Å²) in [4.78, 5) is 0. The molecule has 0 spiro atoms. The van der Waals surface area contributed by atoms with Gasteiger partial charge in [-0.1, -0.05) is 0 Å². The molecule has 0 heterocycles. The first-order chi connectivity index (χ1) is 8.03. The molecule has 18 heavy (non-hydrogen) atoms. The Bertz CT molecular complexity index is 406. The molecule has 1 rings (SSSR count). The van der Waals surface area contributed by atoms with Gasteiger partial charge in [-0.25, -0.2) is 0 Å². The topological polar surface area (TPSA) is 18.5 Å². The monoisotopic (exact) mass is 276 g/mol. The Labute approximate surface area is 125 Å². The SMILES string of the molecule is [Li][C]1=C(O[Si](C)(C)C(C)(C)C)C(O[SiH3])C(C)=C1C. The van der Waals surface area contributed by atoms with Crippen molar-refractivity contribution in [1.82, 2.24) is 0 Å². The molecular formula is C13H25LiO2Si2. The zero-order valence-corrected chi connectivity index (χ0v) is 16.4. The summed E-state index contributed by atoms with van der Waals surface area (Å²) in [7, 11) is -1.04.